The van der Waals surface area contributed by atoms with E-state index < -0.39 is 0 Å². The molecule has 0 radical (unpaired) electrons. The Morgan fingerprint density at radius 2 is 1.89 bits per heavy atom. The first-order valence-electron chi connectivity index (χ1n) is 7.39. The van der Waals surface area contributed by atoms with Gasteiger partial charge in [-0.2, -0.15) is 0 Å². The molecule has 1 atom stereocenters. The van der Waals surface area contributed by atoms with Crippen LogP contribution >= 0.6 is 0 Å². The number of carbonyl (C=O) groups excluding carboxylic acids is 1. The molecule has 1 heterocycles. The first-order chi connectivity index (χ1) is 8.99. The lowest BCUT2D eigenvalue weighted by Crippen LogP contribution is -2.49. The fourth-order valence-electron chi connectivity index (χ4n) is 2.30. The van der Waals surface area contributed by atoms with E-state index in [1.54, 1.807) is 0 Å². The van der Waals surface area contributed by atoms with Gasteiger partial charge in [0.05, 0.1) is 0 Å². The number of carbonyl (C=O) groups is 1. The standard InChI is InChI=1S/C14H30N4O/c1-13(15)5-4-6-14(19)18-11-9-17(10-12-18)8-7-16(2)3/h13H,4-12,15H2,1-3H3. The summed E-state index contributed by atoms with van der Waals surface area (Å²) in [5.41, 5.74) is 5.70. The number of rotatable bonds is 7. The minimum Gasteiger partial charge on any atom is -0.340 e. The van der Waals surface area contributed by atoms with E-state index in [9.17, 15) is 4.79 Å². The molecule has 1 aliphatic heterocycles. The fraction of sp³-hybridized carbons (Fsp3) is 0.929. The summed E-state index contributed by atoms with van der Waals surface area (Å²) in [4.78, 5) is 18.7. The number of hydrogen-bond donors (Lipinski definition) is 1. The van der Waals surface area contributed by atoms with Crippen molar-refractivity contribution in [3.63, 3.8) is 0 Å². The van der Waals surface area contributed by atoms with Crippen molar-refractivity contribution in [1.82, 2.24) is 14.7 Å². The number of nitrogens with two attached hydrogens (primary N) is 1. The maximum atomic E-state index is 12.0. The smallest absolute Gasteiger partial charge is 0.222 e. The van der Waals surface area contributed by atoms with E-state index in [1.165, 1.54) is 0 Å². The van der Waals surface area contributed by atoms with Crippen molar-refractivity contribution in [2.24, 2.45) is 5.73 Å². The Balaban J connectivity index is 2.16. The van der Waals surface area contributed by atoms with Gasteiger partial charge in [0, 0.05) is 51.7 Å². The first kappa shape index (κ1) is 16.4. The van der Waals surface area contributed by atoms with E-state index >= 15 is 0 Å². The zero-order valence-corrected chi connectivity index (χ0v) is 12.8. The highest BCUT2D eigenvalue weighted by molar-refractivity contribution is 5.76. The van der Waals surface area contributed by atoms with Gasteiger partial charge in [0.25, 0.3) is 0 Å². The molecule has 0 aromatic heterocycles. The molecule has 5 heteroatoms. The fourth-order valence-corrected chi connectivity index (χ4v) is 2.30. The van der Waals surface area contributed by atoms with Crippen LogP contribution in [0.4, 0.5) is 0 Å². The molecule has 0 spiro atoms. The molecule has 1 amide bonds. The Labute approximate surface area is 117 Å². The normalized spacial score (nSPS) is 18.9. The van der Waals surface area contributed by atoms with Gasteiger partial charge in [0.2, 0.25) is 5.91 Å². The first-order valence-corrected chi connectivity index (χ1v) is 7.39. The Morgan fingerprint density at radius 3 is 2.42 bits per heavy atom. The number of amides is 1. The molecule has 0 aromatic rings. The van der Waals surface area contributed by atoms with Crippen LogP contribution in [0.5, 0.6) is 0 Å². The number of piperazine rings is 1. The van der Waals surface area contributed by atoms with Crippen molar-refractivity contribution in [2.45, 2.75) is 32.2 Å². The van der Waals surface area contributed by atoms with Crippen LogP contribution in [0.1, 0.15) is 26.2 Å². The van der Waals surface area contributed by atoms with Crippen molar-refractivity contribution in [3.8, 4) is 0 Å². The van der Waals surface area contributed by atoms with Gasteiger partial charge >= 0.3 is 0 Å². The van der Waals surface area contributed by atoms with E-state index in [4.69, 9.17) is 5.73 Å². The molecule has 0 aromatic carbocycles. The minimum absolute atomic E-state index is 0.204. The number of nitrogens with zero attached hydrogens (tertiary/aromatic N) is 3. The van der Waals surface area contributed by atoms with Crippen molar-refractivity contribution in [2.75, 3.05) is 53.4 Å². The monoisotopic (exact) mass is 270 g/mol. The molecule has 0 bridgehead atoms. The van der Waals surface area contributed by atoms with Crippen LogP contribution in [0, 0.1) is 0 Å². The molecule has 0 saturated carbocycles. The summed E-state index contributed by atoms with van der Waals surface area (Å²) in [5.74, 6) is 0.299. The molecule has 1 saturated heterocycles. The summed E-state index contributed by atoms with van der Waals surface area (Å²) in [7, 11) is 4.19. The molecule has 1 fully saturated rings. The van der Waals surface area contributed by atoms with E-state index in [-0.39, 0.29) is 6.04 Å². The van der Waals surface area contributed by atoms with Crippen LogP contribution in [0.3, 0.4) is 0 Å². The van der Waals surface area contributed by atoms with Gasteiger partial charge in [0.15, 0.2) is 0 Å². The summed E-state index contributed by atoms with van der Waals surface area (Å²) in [6, 6.07) is 0.204. The van der Waals surface area contributed by atoms with Crippen molar-refractivity contribution in [3.05, 3.63) is 0 Å². The zero-order valence-electron chi connectivity index (χ0n) is 12.8. The van der Waals surface area contributed by atoms with Crippen LogP contribution in [0.2, 0.25) is 0 Å². The second-order valence-corrected chi connectivity index (χ2v) is 5.90. The predicted octanol–water partition coefficient (Wildman–Crippen LogP) is 0.210. The summed E-state index contributed by atoms with van der Waals surface area (Å²) >= 11 is 0. The van der Waals surface area contributed by atoms with Crippen LogP contribution in [-0.2, 0) is 4.79 Å². The third kappa shape index (κ3) is 6.89. The second kappa shape index (κ2) is 8.51. The molecule has 1 unspecified atom stereocenters. The maximum Gasteiger partial charge on any atom is 0.222 e. The van der Waals surface area contributed by atoms with Gasteiger partial charge in [-0.1, -0.05) is 0 Å². The quantitative estimate of drug-likeness (QED) is 0.718. The highest BCUT2D eigenvalue weighted by atomic mass is 16.2. The predicted molar refractivity (Wildman–Crippen MR) is 79.1 cm³/mol. The topological polar surface area (TPSA) is 52.8 Å². The molecule has 19 heavy (non-hydrogen) atoms. The van der Waals surface area contributed by atoms with Gasteiger partial charge in [-0.05, 0) is 33.9 Å². The molecule has 112 valence electrons. The summed E-state index contributed by atoms with van der Waals surface area (Å²) in [6.07, 6.45) is 2.51. The lowest BCUT2D eigenvalue weighted by atomic mass is 10.1. The second-order valence-electron chi connectivity index (χ2n) is 5.90. The third-order valence-electron chi connectivity index (χ3n) is 3.64. The summed E-state index contributed by atoms with van der Waals surface area (Å²) < 4.78 is 0. The molecule has 1 rings (SSSR count). The maximum absolute atomic E-state index is 12.0. The average molecular weight is 270 g/mol. The Bertz CT molecular complexity index is 260. The lowest BCUT2D eigenvalue weighted by molar-refractivity contribution is -0.133. The average Bonchev–Trinajstić information content (AvgIpc) is 2.36. The van der Waals surface area contributed by atoms with E-state index in [1.807, 2.05) is 11.8 Å². The van der Waals surface area contributed by atoms with Crippen LogP contribution in [0.25, 0.3) is 0 Å². The van der Waals surface area contributed by atoms with Gasteiger partial charge in [-0.25, -0.2) is 0 Å². The van der Waals surface area contributed by atoms with E-state index in [0.717, 1.165) is 52.1 Å². The van der Waals surface area contributed by atoms with Crippen molar-refractivity contribution in [1.29, 1.82) is 0 Å². The number of likely N-dealkylation sites (N-methyl/N-ethyl adjacent to an activating group) is 1. The SMILES string of the molecule is CC(N)CCCC(=O)N1CCN(CCN(C)C)CC1. The molecule has 0 aliphatic carbocycles. The highest BCUT2D eigenvalue weighted by Gasteiger charge is 2.20. The Kier molecular flexibility index (Phi) is 7.34. The summed E-state index contributed by atoms with van der Waals surface area (Å²) in [6.45, 7) is 7.95. The van der Waals surface area contributed by atoms with E-state index in [2.05, 4.69) is 23.9 Å². The van der Waals surface area contributed by atoms with Crippen LogP contribution < -0.4 is 5.73 Å². The molecule has 2 N–H and O–H groups in total. The Hall–Kier alpha value is -0.650. The third-order valence-corrected chi connectivity index (χ3v) is 3.64. The van der Waals surface area contributed by atoms with E-state index in [0.29, 0.717) is 12.3 Å². The molecule has 5 nitrogen and oxygen atoms in total. The van der Waals surface area contributed by atoms with Crippen LogP contribution in [0.15, 0.2) is 0 Å². The number of hydrogen-bond acceptors (Lipinski definition) is 4. The lowest BCUT2D eigenvalue weighted by Gasteiger charge is -2.35. The van der Waals surface area contributed by atoms with Crippen molar-refractivity contribution >= 4 is 5.91 Å². The van der Waals surface area contributed by atoms with Gasteiger partial charge in [0.1, 0.15) is 0 Å². The largest absolute Gasteiger partial charge is 0.340 e. The molecule has 1 aliphatic rings. The Morgan fingerprint density at radius 1 is 1.26 bits per heavy atom. The van der Waals surface area contributed by atoms with Gasteiger partial charge in [-0.15, -0.1) is 0 Å². The van der Waals surface area contributed by atoms with Crippen LogP contribution in [-0.4, -0.2) is 80.0 Å². The van der Waals surface area contributed by atoms with Crippen molar-refractivity contribution < 1.29 is 4.79 Å². The van der Waals surface area contributed by atoms with Gasteiger partial charge < -0.3 is 15.5 Å². The van der Waals surface area contributed by atoms with Gasteiger partial charge in [-0.3, -0.25) is 9.69 Å². The molecular formula is C14H30N4O. The zero-order chi connectivity index (χ0) is 14.3. The highest BCUT2D eigenvalue weighted by Crippen LogP contribution is 2.07. The summed E-state index contributed by atoms with van der Waals surface area (Å²) in [5, 5.41) is 0. The molecular weight excluding hydrogens is 240 g/mol. The minimum atomic E-state index is 0.204.